The Morgan fingerprint density at radius 2 is 1.79 bits per heavy atom. The average molecular weight is 259 g/mol. The fourth-order valence-electron chi connectivity index (χ4n) is 1.93. The summed E-state index contributed by atoms with van der Waals surface area (Å²) in [5.74, 6) is 0.447. The van der Waals surface area contributed by atoms with E-state index >= 15 is 0 Å². The number of rotatable bonds is 3. The Morgan fingerprint density at radius 1 is 1.11 bits per heavy atom. The highest BCUT2D eigenvalue weighted by Gasteiger charge is 2.13. The van der Waals surface area contributed by atoms with Crippen molar-refractivity contribution in [1.82, 2.24) is 9.97 Å². The van der Waals surface area contributed by atoms with Gasteiger partial charge in [0.15, 0.2) is 5.82 Å². The van der Waals surface area contributed by atoms with Crippen molar-refractivity contribution in [3.05, 3.63) is 41.0 Å². The van der Waals surface area contributed by atoms with Crippen molar-refractivity contribution in [3.8, 4) is 11.3 Å². The lowest BCUT2D eigenvalue weighted by Gasteiger charge is -2.13. The molecule has 4 heteroatoms. The van der Waals surface area contributed by atoms with Gasteiger partial charge in [-0.1, -0.05) is 6.07 Å². The van der Waals surface area contributed by atoms with Gasteiger partial charge in [0.05, 0.1) is 11.4 Å². The van der Waals surface area contributed by atoms with E-state index in [2.05, 4.69) is 15.3 Å². The molecule has 0 aliphatic carbocycles. The topological polar surface area (TPSA) is 37.8 Å². The molecule has 0 aliphatic rings. The maximum absolute atomic E-state index is 13.5. The van der Waals surface area contributed by atoms with Gasteiger partial charge in [-0.15, -0.1) is 0 Å². The molecule has 0 saturated heterocycles. The van der Waals surface area contributed by atoms with E-state index in [1.807, 2.05) is 27.7 Å². The normalized spacial score (nSPS) is 10.6. The van der Waals surface area contributed by atoms with Crippen molar-refractivity contribution in [2.24, 2.45) is 0 Å². The summed E-state index contributed by atoms with van der Waals surface area (Å²) >= 11 is 0. The van der Waals surface area contributed by atoms with Crippen molar-refractivity contribution < 1.29 is 4.39 Å². The highest BCUT2D eigenvalue weighted by atomic mass is 19.1. The van der Waals surface area contributed by atoms with Gasteiger partial charge in [-0.05, 0) is 45.4 Å². The molecule has 2 rings (SSSR count). The van der Waals surface area contributed by atoms with Gasteiger partial charge in [0, 0.05) is 12.1 Å². The quantitative estimate of drug-likeness (QED) is 0.914. The number of hydrogen-bond acceptors (Lipinski definition) is 3. The third-order valence-electron chi connectivity index (χ3n) is 3.11. The molecule has 100 valence electrons. The van der Waals surface area contributed by atoms with Gasteiger partial charge in [-0.2, -0.15) is 0 Å². The predicted molar refractivity (Wildman–Crippen MR) is 75.8 cm³/mol. The standard InChI is InChI=1S/C15H18FN3/c1-5-17-15-14(18-10(3)11(4)19-15)13-8-12(16)7-6-9(13)2/h6-8H,5H2,1-4H3,(H,17,19). The molecule has 0 unspecified atom stereocenters. The number of nitrogens with one attached hydrogen (secondary N) is 1. The Bertz CT molecular complexity index is 609. The van der Waals surface area contributed by atoms with Gasteiger partial charge in [0.25, 0.3) is 0 Å². The van der Waals surface area contributed by atoms with Crippen molar-refractivity contribution in [2.45, 2.75) is 27.7 Å². The van der Waals surface area contributed by atoms with Gasteiger partial charge in [-0.25, -0.2) is 14.4 Å². The largest absolute Gasteiger partial charge is 0.369 e. The lowest BCUT2D eigenvalue weighted by atomic mass is 10.0. The van der Waals surface area contributed by atoms with Gasteiger partial charge in [-0.3, -0.25) is 0 Å². The number of hydrogen-bond donors (Lipinski definition) is 1. The number of aryl methyl sites for hydroxylation is 3. The zero-order valence-electron chi connectivity index (χ0n) is 11.7. The third-order valence-corrected chi connectivity index (χ3v) is 3.11. The molecule has 2 aromatic rings. The Kier molecular flexibility index (Phi) is 3.79. The first-order valence-electron chi connectivity index (χ1n) is 6.38. The van der Waals surface area contributed by atoms with E-state index in [9.17, 15) is 4.39 Å². The molecule has 0 fully saturated rings. The summed E-state index contributed by atoms with van der Waals surface area (Å²) in [5.41, 5.74) is 4.22. The summed E-state index contributed by atoms with van der Waals surface area (Å²) in [5, 5.41) is 3.19. The lowest BCUT2D eigenvalue weighted by Crippen LogP contribution is -2.06. The summed E-state index contributed by atoms with van der Waals surface area (Å²) in [6.45, 7) is 8.53. The number of halogens is 1. The fraction of sp³-hybridized carbons (Fsp3) is 0.333. The van der Waals surface area contributed by atoms with Gasteiger partial charge in [0.2, 0.25) is 0 Å². The zero-order chi connectivity index (χ0) is 14.0. The fourth-order valence-corrected chi connectivity index (χ4v) is 1.93. The van der Waals surface area contributed by atoms with E-state index in [1.165, 1.54) is 12.1 Å². The molecular weight excluding hydrogens is 241 g/mol. The second kappa shape index (κ2) is 5.34. The number of benzene rings is 1. The van der Waals surface area contributed by atoms with Crippen LogP contribution in [0.5, 0.6) is 0 Å². The van der Waals surface area contributed by atoms with Crippen LogP contribution in [0.15, 0.2) is 18.2 Å². The average Bonchev–Trinajstić information content (AvgIpc) is 2.37. The maximum Gasteiger partial charge on any atom is 0.152 e. The highest BCUT2D eigenvalue weighted by Crippen LogP contribution is 2.28. The molecule has 0 radical (unpaired) electrons. The van der Waals surface area contributed by atoms with Gasteiger partial charge in [0.1, 0.15) is 11.5 Å². The van der Waals surface area contributed by atoms with E-state index < -0.39 is 0 Å². The highest BCUT2D eigenvalue weighted by molar-refractivity contribution is 5.74. The SMILES string of the molecule is CCNc1nc(C)c(C)nc1-c1cc(F)ccc1C. The summed E-state index contributed by atoms with van der Waals surface area (Å²) in [6.07, 6.45) is 0. The second-order valence-electron chi connectivity index (χ2n) is 4.58. The van der Waals surface area contributed by atoms with Crippen LogP contribution < -0.4 is 5.32 Å². The first-order chi connectivity index (χ1) is 9.02. The minimum atomic E-state index is -0.261. The van der Waals surface area contributed by atoms with Gasteiger partial charge >= 0.3 is 0 Å². The van der Waals surface area contributed by atoms with Crippen molar-refractivity contribution in [1.29, 1.82) is 0 Å². The number of anilines is 1. The summed E-state index contributed by atoms with van der Waals surface area (Å²) in [6, 6.07) is 4.73. The first-order valence-corrected chi connectivity index (χ1v) is 6.38. The second-order valence-corrected chi connectivity index (χ2v) is 4.58. The summed E-state index contributed by atoms with van der Waals surface area (Å²) in [7, 11) is 0. The Balaban J connectivity index is 2.66. The van der Waals surface area contributed by atoms with Crippen LogP contribution in [0.4, 0.5) is 10.2 Å². The summed E-state index contributed by atoms with van der Waals surface area (Å²) < 4.78 is 13.5. The number of aromatic nitrogens is 2. The zero-order valence-corrected chi connectivity index (χ0v) is 11.7. The Morgan fingerprint density at radius 3 is 2.47 bits per heavy atom. The molecule has 19 heavy (non-hydrogen) atoms. The molecule has 3 nitrogen and oxygen atoms in total. The lowest BCUT2D eigenvalue weighted by molar-refractivity contribution is 0.628. The molecule has 1 heterocycles. The molecule has 0 aliphatic heterocycles. The molecule has 0 amide bonds. The first kappa shape index (κ1) is 13.5. The van der Waals surface area contributed by atoms with Crippen molar-refractivity contribution in [2.75, 3.05) is 11.9 Å². The predicted octanol–water partition coefficient (Wildman–Crippen LogP) is 3.64. The van der Waals surface area contributed by atoms with Gasteiger partial charge < -0.3 is 5.32 Å². The van der Waals surface area contributed by atoms with Crippen molar-refractivity contribution in [3.63, 3.8) is 0 Å². The Hall–Kier alpha value is -1.97. The molecule has 1 aromatic carbocycles. The van der Waals surface area contributed by atoms with Crippen LogP contribution in [-0.2, 0) is 0 Å². The third kappa shape index (κ3) is 2.72. The molecule has 1 aromatic heterocycles. The molecule has 0 bridgehead atoms. The maximum atomic E-state index is 13.5. The van der Waals surface area contributed by atoms with Crippen LogP contribution >= 0.6 is 0 Å². The van der Waals surface area contributed by atoms with E-state index in [0.29, 0.717) is 11.5 Å². The molecule has 1 N–H and O–H groups in total. The molecular formula is C15H18FN3. The van der Waals surface area contributed by atoms with E-state index in [0.717, 1.165) is 29.1 Å². The monoisotopic (exact) mass is 259 g/mol. The Labute approximate surface area is 112 Å². The summed E-state index contributed by atoms with van der Waals surface area (Å²) in [4.78, 5) is 9.09. The van der Waals surface area contributed by atoms with E-state index in [4.69, 9.17) is 0 Å². The van der Waals surface area contributed by atoms with Crippen LogP contribution in [0, 0.1) is 26.6 Å². The smallest absolute Gasteiger partial charge is 0.152 e. The molecule has 0 spiro atoms. The minimum Gasteiger partial charge on any atom is -0.369 e. The van der Waals surface area contributed by atoms with Crippen molar-refractivity contribution >= 4 is 5.82 Å². The van der Waals surface area contributed by atoms with Crippen LogP contribution in [0.1, 0.15) is 23.9 Å². The van der Waals surface area contributed by atoms with Crippen LogP contribution in [0.2, 0.25) is 0 Å². The van der Waals surface area contributed by atoms with Crippen LogP contribution in [0.3, 0.4) is 0 Å². The van der Waals surface area contributed by atoms with E-state index in [1.54, 1.807) is 6.07 Å². The number of nitrogens with zero attached hydrogens (tertiary/aromatic N) is 2. The van der Waals surface area contributed by atoms with Crippen LogP contribution in [0.25, 0.3) is 11.3 Å². The minimum absolute atomic E-state index is 0.261. The molecule has 0 saturated carbocycles. The van der Waals surface area contributed by atoms with E-state index in [-0.39, 0.29) is 5.82 Å². The van der Waals surface area contributed by atoms with Crippen LogP contribution in [-0.4, -0.2) is 16.5 Å². The molecule has 0 atom stereocenters.